The number of ether oxygens (including phenoxy) is 1. The Hall–Kier alpha value is -1.10. The third-order valence-electron chi connectivity index (χ3n) is 4.28. The van der Waals surface area contributed by atoms with Crippen LogP contribution in [-0.4, -0.2) is 49.1 Å². The van der Waals surface area contributed by atoms with E-state index in [9.17, 15) is 9.59 Å². The highest BCUT2D eigenvalue weighted by Crippen LogP contribution is 2.21. The minimum atomic E-state index is -0.223. The first-order valence-corrected chi connectivity index (χ1v) is 8.43. The van der Waals surface area contributed by atoms with Gasteiger partial charge in [0.05, 0.1) is 18.6 Å². The van der Waals surface area contributed by atoms with Gasteiger partial charge in [0.25, 0.3) is 0 Å². The van der Waals surface area contributed by atoms with Crippen molar-refractivity contribution in [2.24, 2.45) is 11.8 Å². The molecule has 0 aromatic heterocycles. The summed E-state index contributed by atoms with van der Waals surface area (Å²) in [4.78, 5) is 26.1. The number of methoxy groups -OCH3 is 1. The molecule has 0 saturated carbocycles. The number of hydrogen-bond donors (Lipinski definition) is 1. The van der Waals surface area contributed by atoms with Gasteiger partial charge >= 0.3 is 0 Å². The third kappa shape index (κ3) is 5.95. The number of likely N-dealkylation sites (tertiary alicyclic amines) is 1. The van der Waals surface area contributed by atoms with Gasteiger partial charge in [0.15, 0.2) is 0 Å². The van der Waals surface area contributed by atoms with E-state index < -0.39 is 0 Å². The van der Waals surface area contributed by atoms with E-state index in [-0.39, 0.29) is 29.8 Å². The van der Waals surface area contributed by atoms with Crippen molar-refractivity contribution in [1.82, 2.24) is 10.2 Å². The Kier molecular flexibility index (Phi) is 7.87. The fraction of sp³-hybridized carbons (Fsp3) is 0.882. The van der Waals surface area contributed by atoms with E-state index in [1.165, 1.54) is 6.42 Å². The van der Waals surface area contributed by atoms with Crippen LogP contribution in [0, 0.1) is 11.8 Å². The Bertz CT molecular complexity index is 371. The molecule has 5 nitrogen and oxygen atoms in total. The molecule has 1 heterocycles. The lowest BCUT2D eigenvalue weighted by atomic mass is 10.0. The van der Waals surface area contributed by atoms with Gasteiger partial charge in [0.2, 0.25) is 11.8 Å². The van der Waals surface area contributed by atoms with E-state index in [0.717, 1.165) is 12.8 Å². The summed E-state index contributed by atoms with van der Waals surface area (Å²) >= 11 is 0. The summed E-state index contributed by atoms with van der Waals surface area (Å²) in [5.41, 5.74) is 0. The van der Waals surface area contributed by atoms with Crippen LogP contribution in [0.25, 0.3) is 0 Å². The highest BCUT2D eigenvalue weighted by Gasteiger charge is 2.36. The van der Waals surface area contributed by atoms with Crippen LogP contribution in [-0.2, 0) is 14.3 Å². The summed E-state index contributed by atoms with van der Waals surface area (Å²) < 4.78 is 5.09. The van der Waals surface area contributed by atoms with Crippen molar-refractivity contribution < 1.29 is 14.3 Å². The maximum atomic E-state index is 12.3. The number of carbonyl (C=O) groups excluding carboxylic acids is 2. The van der Waals surface area contributed by atoms with E-state index in [0.29, 0.717) is 25.5 Å². The van der Waals surface area contributed by atoms with E-state index in [1.807, 2.05) is 13.8 Å². The minimum Gasteiger partial charge on any atom is -0.383 e. The predicted octanol–water partition coefficient (Wildman–Crippen LogP) is 2.20. The molecule has 1 aliphatic rings. The first-order valence-electron chi connectivity index (χ1n) is 8.43. The Morgan fingerprint density at radius 3 is 2.59 bits per heavy atom. The summed E-state index contributed by atoms with van der Waals surface area (Å²) in [6.45, 7) is 9.43. The number of carbonyl (C=O) groups is 2. The number of amides is 2. The second-order valence-corrected chi connectivity index (χ2v) is 6.99. The van der Waals surface area contributed by atoms with Crippen LogP contribution in [0.5, 0.6) is 0 Å². The molecule has 0 aliphatic carbocycles. The van der Waals surface area contributed by atoms with Gasteiger partial charge in [-0.15, -0.1) is 0 Å². The van der Waals surface area contributed by atoms with Gasteiger partial charge in [-0.2, -0.15) is 0 Å². The molecule has 0 aromatic carbocycles. The van der Waals surface area contributed by atoms with Gasteiger partial charge in [0, 0.05) is 26.1 Å². The zero-order valence-electron chi connectivity index (χ0n) is 14.7. The zero-order valence-corrected chi connectivity index (χ0v) is 14.7. The maximum absolute atomic E-state index is 12.3. The topological polar surface area (TPSA) is 58.6 Å². The SMILES string of the molecule is COC[C@H](C)N1C[C@@H](C(=O)N[C@@H](C)CCCC(C)C)CC1=O. The average molecular weight is 312 g/mol. The molecular weight excluding hydrogens is 280 g/mol. The maximum Gasteiger partial charge on any atom is 0.225 e. The van der Waals surface area contributed by atoms with Crippen molar-refractivity contribution in [3.63, 3.8) is 0 Å². The summed E-state index contributed by atoms with van der Waals surface area (Å²) in [5, 5.41) is 3.06. The van der Waals surface area contributed by atoms with Gasteiger partial charge < -0.3 is 15.0 Å². The minimum absolute atomic E-state index is 0.0116. The molecule has 0 unspecified atom stereocenters. The van der Waals surface area contributed by atoms with Crippen LogP contribution < -0.4 is 5.32 Å². The monoisotopic (exact) mass is 312 g/mol. The second kappa shape index (κ2) is 9.13. The van der Waals surface area contributed by atoms with Gasteiger partial charge in [-0.05, 0) is 26.2 Å². The largest absolute Gasteiger partial charge is 0.383 e. The highest BCUT2D eigenvalue weighted by molar-refractivity contribution is 5.89. The summed E-state index contributed by atoms with van der Waals surface area (Å²) in [6.07, 6.45) is 3.62. The lowest BCUT2D eigenvalue weighted by Gasteiger charge is -2.24. The van der Waals surface area contributed by atoms with E-state index in [1.54, 1.807) is 12.0 Å². The molecule has 22 heavy (non-hydrogen) atoms. The van der Waals surface area contributed by atoms with Crippen molar-refractivity contribution in [3.05, 3.63) is 0 Å². The Labute approximate surface area is 134 Å². The molecule has 128 valence electrons. The van der Waals surface area contributed by atoms with Crippen molar-refractivity contribution >= 4 is 11.8 Å². The molecule has 2 amide bonds. The van der Waals surface area contributed by atoms with Gasteiger partial charge in [0.1, 0.15) is 0 Å². The molecular formula is C17H32N2O3. The Morgan fingerprint density at radius 2 is 2.00 bits per heavy atom. The fourth-order valence-corrected chi connectivity index (χ4v) is 2.93. The molecule has 1 fully saturated rings. The van der Waals surface area contributed by atoms with Crippen molar-refractivity contribution in [1.29, 1.82) is 0 Å². The first-order chi connectivity index (χ1) is 10.3. The number of nitrogens with one attached hydrogen (secondary N) is 1. The molecule has 0 aromatic rings. The average Bonchev–Trinajstić information content (AvgIpc) is 2.80. The number of nitrogens with zero attached hydrogens (tertiary/aromatic N) is 1. The second-order valence-electron chi connectivity index (χ2n) is 6.99. The molecule has 1 aliphatic heterocycles. The predicted molar refractivity (Wildman–Crippen MR) is 87.5 cm³/mol. The Morgan fingerprint density at radius 1 is 1.32 bits per heavy atom. The molecule has 0 spiro atoms. The van der Waals surface area contributed by atoms with Crippen LogP contribution in [0.15, 0.2) is 0 Å². The zero-order chi connectivity index (χ0) is 16.7. The number of hydrogen-bond acceptors (Lipinski definition) is 3. The lowest BCUT2D eigenvalue weighted by Crippen LogP contribution is -2.40. The quantitative estimate of drug-likeness (QED) is 0.710. The highest BCUT2D eigenvalue weighted by atomic mass is 16.5. The van der Waals surface area contributed by atoms with Crippen molar-refractivity contribution in [2.45, 2.75) is 65.5 Å². The van der Waals surface area contributed by atoms with Crippen molar-refractivity contribution in [2.75, 3.05) is 20.3 Å². The standard InChI is InChI=1S/C17H32N2O3/c1-12(2)7-6-8-13(3)18-17(21)15-9-16(20)19(10-15)14(4)11-22-5/h12-15H,6-11H2,1-5H3,(H,18,21)/t13-,14-,15-/m0/s1. The van der Waals surface area contributed by atoms with Crippen LogP contribution in [0.3, 0.4) is 0 Å². The molecule has 5 heteroatoms. The normalized spacial score (nSPS) is 21.3. The lowest BCUT2D eigenvalue weighted by molar-refractivity contribution is -0.130. The molecule has 3 atom stereocenters. The Balaban J connectivity index is 2.38. The van der Waals surface area contributed by atoms with Crippen LogP contribution in [0.1, 0.15) is 53.4 Å². The van der Waals surface area contributed by atoms with Gasteiger partial charge in [-0.25, -0.2) is 0 Å². The fourth-order valence-electron chi connectivity index (χ4n) is 2.93. The van der Waals surface area contributed by atoms with E-state index >= 15 is 0 Å². The molecule has 1 rings (SSSR count). The smallest absolute Gasteiger partial charge is 0.225 e. The molecule has 1 N–H and O–H groups in total. The summed E-state index contributed by atoms with van der Waals surface area (Å²) in [6, 6.07) is 0.200. The van der Waals surface area contributed by atoms with Crippen LogP contribution >= 0.6 is 0 Å². The first kappa shape index (κ1) is 18.9. The summed E-state index contributed by atoms with van der Waals surface area (Å²) in [5.74, 6) is 0.542. The van der Waals surface area contributed by atoms with Crippen molar-refractivity contribution in [3.8, 4) is 0 Å². The van der Waals surface area contributed by atoms with Gasteiger partial charge in [-0.1, -0.05) is 26.7 Å². The molecule has 0 radical (unpaired) electrons. The van der Waals surface area contributed by atoms with E-state index in [2.05, 4.69) is 19.2 Å². The molecule has 0 bridgehead atoms. The van der Waals surface area contributed by atoms with Gasteiger partial charge in [-0.3, -0.25) is 9.59 Å². The third-order valence-corrected chi connectivity index (χ3v) is 4.28. The summed E-state index contributed by atoms with van der Waals surface area (Å²) in [7, 11) is 1.63. The van der Waals surface area contributed by atoms with Crippen LogP contribution in [0.2, 0.25) is 0 Å². The van der Waals surface area contributed by atoms with E-state index in [4.69, 9.17) is 4.74 Å². The molecule has 1 saturated heterocycles. The van der Waals surface area contributed by atoms with Crippen LogP contribution in [0.4, 0.5) is 0 Å². The number of rotatable bonds is 9.